The lowest BCUT2D eigenvalue weighted by Crippen LogP contribution is -2.47. The molecule has 0 N–H and O–H groups in total. The molecule has 0 aromatic heterocycles. The predicted octanol–water partition coefficient (Wildman–Crippen LogP) is 2.01. The van der Waals surface area contributed by atoms with Gasteiger partial charge in [0.2, 0.25) is 0 Å². The van der Waals surface area contributed by atoms with E-state index in [-0.39, 0.29) is 5.91 Å². The minimum atomic E-state index is -0.403. The molecule has 1 aliphatic heterocycles. The van der Waals surface area contributed by atoms with Gasteiger partial charge in [-0.1, -0.05) is 19.1 Å². The molecule has 1 aliphatic rings. The Labute approximate surface area is 114 Å². The molecule has 0 aliphatic carbocycles. The fraction of sp³-hybridized carbons (Fsp3) is 0.533. The Balaban J connectivity index is 2.00. The van der Waals surface area contributed by atoms with Gasteiger partial charge in [0.1, 0.15) is 5.75 Å². The summed E-state index contributed by atoms with van der Waals surface area (Å²) in [6.07, 6.45) is 0.268. The van der Waals surface area contributed by atoms with Crippen molar-refractivity contribution < 1.29 is 14.3 Å². The quantitative estimate of drug-likeness (QED) is 0.834. The molecule has 19 heavy (non-hydrogen) atoms. The van der Waals surface area contributed by atoms with Crippen LogP contribution in [-0.4, -0.2) is 43.2 Å². The van der Waals surface area contributed by atoms with E-state index in [0.29, 0.717) is 32.7 Å². The number of morpholine rings is 1. The normalized spacial score (nSPS) is 17.1. The Morgan fingerprint density at radius 1 is 1.42 bits per heavy atom. The van der Waals surface area contributed by atoms with E-state index in [2.05, 4.69) is 0 Å². The Morgan fingerprint density at radius 2 is 2.16 bits per heavy atom. The molecular formula is C15H21NO3. The molecule has 1 heterocycles. The van der Waals surface area contributed by atoms with Crippen molar-refractivity contribution in [2.75, 3.05) is 26.3 Å². The zero-order valence-electron chi connectivity index (χ0n) is 11.6. The van der Waals surface area contributed by atoms with Crippen molar-refractivity contribution in [3.63, 3.8) is 0 Å². The Hall–Kier alpha value is -1.55. The summed E-state index contributed by atoms with van der Waals surface area (Å²) in [5, 5.41) is 0. The molecule has 0 saturated carbocycles. The highest BCUT2D eigenvalue weighted by Gasteiger charge is 2.25. The highest BCUT2D eigenvalue weighted by Crippen LogP contribution is 2.17. The number of hydrogen-bond acceptors (Lipinski definition) is 3. The number of rotatable bonds is 4. The Morgan fingerprint density at radius 3 is 2.79 bits per heavy atom. The van der Waals surface area contributed by atoms with E-state index in [1.54, 1.807) is 0 Å². The van der Waals surface area contributed by atoms with Crippen LogP contribution in [0.1, 0.15) is 18.9 Å². The average molecular weight is 263 g/mol. The first-order valence-electron chi connectivity index (χ1n) is 6.80. The summed E-state index contributed by atoms with van der Waals surface area (Å²) in [5.74, 6) is 0.820. The van der Waals surface area contributed by atoms with Gasteiger partial charge in [0, 0.05) is 13.1 Å². The van der Waals surface area contributed by atoms with Crippen LogP contribution in [0.3, 0.4) is 0 Å². The molecule has 1 fully saturated rings. The fourth-order valence-electron chi connectivity index (χ4n) is 2.15. The van der Waals surface area contributed by atoms with Crippen molar-refractivity contribution in [1.82, 2.24) is 4.90 Å². The minimum Gasteiger partial charge on any atom is -0.481 e. The zero-order chi connectivity index (χ0) is 13.7. The highest BCUT2D eigenvalue weighted by molar-refractivity contribution is 5.81. The Bertz CT molecular complexity index is 427. The van der Waals surface area contributed by atoms with Gasteiger partial charge in [0.25, 0.3) is 5.91 Å². The zero-order valence-corrected chi connectivity index (χ0v) is 11.6. The van der Waals surface area contributed by atoms with E-state index in [1.165, 1.54) is 0 Å². The van der Waals surface area contributed by atoms with E-state index in [4.69, 9.17) is 9.47 Å². The number of ether oxygens (including phenoxy) is 2. The van der Waals surface area contributed by atoms with E-state index >= 15 is 0 Å². The third-order valence-corrected chi connectivity index (χ3v) is 3.24. The van der Waals surface area contributed by atoms with Gasteiger partial charge >= 0.3 is 0 Å². The maximum absolute atomic E-state index is 12.4. The number of hydrogen-bond donors (Lipinski definition) is 0. The molecule has 2 rings (SSSR count). The molecule has 0 radical (unpaired) electrons. The van der Waals surface area contributed by atoms with Crippen LogP contribution in [0.2, 0.25) is 0 Å². The third-order valence-electron chi connectivity index (χ3n) is 3.24. The number of nitrogens with zero attached hydrogens (tertiary/aromatic N) is 1. The van der Waals surface area contributed by atoms with Gasteiger partial charge in [-0.25, -0.2) is 0 Å². The first kappa shape index (κ1) is 13.9. The SMILES string of the molecule is CC[C@@H](Oc1cccc(C)c1)C(=O)N1CCOCC1. The first-order valence-corrected chi connectivity index (χ1v) is 6.80. The van der Waals surface area contributed by atoms with Crippen LogP contribution < -0.4 is 4.74 Å². The molecule has 4 nitrogen and oxygen atoms in total. The smallest absolute Gasteiger partial charge is 0.263 e. The number of carbonyl (C=O) groups is 1. The minimum absolute atomic E-state index is 0.0623. The number of amides is 1. The molecule has 4 heteroatoms. The lowest BCUT2D eigenvalue weighted by atomic mass is 10.2. The topological polar surface area (TPSA) is 38.8 Å². The van der Waals surface area contributed by atoms with Gasteiger partial charge in [-0.3, -0.25) is 4.79 Å². The van der Waals surface area contributed by atoms with E-state index < -0.39 is 6.10 Å². The van der Waals surface area contributed by atoms with Gasteiger partial charge in [-0.05, 0) is 31.0 Å². The summed E-state index contributed by atoms with van der Waals surface area (Å²) in [6, 6.07) is 7.80. The summed E-state index contributed by atoms with van der Waals surface area (Å²) in [4.78, 5) is 14.2. The van der Waals surface area contributed by atoms with Crippen LogP contribution in [0, 0.1) is 6.92 Å². The molecule has 1 atom stereocenters. The van der Waals surface area contributed by atoms with E-state index in [9.17, 15) is 4.79 Å². The first-order chi connectivity index (χ1) is 9.20. The maximum Gasteiger partial charge on any atom is 0.263 e. The molecule has 1 aromatic rings. The number of benzene rings is 1. The monoisotopic (exact) mass is 263 g/mol. The summed E-state index contributed by atoms with van der Waals surface area (Å²) in [7, 11) is 0. The van der Waals surface area contributed by atoms with Crippen LogP contribution in [-0.2, 0) is 9.53 Å². The van der Waals surface area contributed by atoms with Gasteiger partial charge in [-0.2, -0.15) is 0 Å². The highest BCUT2D eigenvalue weighted by atomic mass is 16.5. The van der Waals surface area contributed by atoms with Crippen LogP contribution >= 0.6 is 0 Å². The van der Waals surface area contributed by atoms with E-state index in [0.717, 1.165) is 11.3 Å². The molecule has 0 unspecified atom stereocenters. The van der Waals surface area contributed by atoms with Crippen molar-refractivity contribution in [3.05, 3.63) is 29.8 Å². The fourth-order valence-corrected chi connectivity index (χ4v) is 2.15. The molecular weight excluding hydrogens is 242 g/mol. The molecule has 1 amide bonds. The summed E-state index contributed by atoms with van der Waals surface area (Å²) >= 11 is 0. The molecule has 0 spiro atoms. The summed E-state index contributed by atoms with van der Waals surface area (Å²) < 4.78 is 11.1. The van der Waals surface area contributed by atoms with Crippen molar-refractivity contribution in [2.45, 2.75) is 26.4 Å². The number of aryl methyl sites for hydroxylation is 1. The molecule has 1 saturated heterocycles. The second-order valence-electron chi connectivity index (χ2n) is 4.77. The van der Waals surface area contributed by atoms with Crippen molar-refractivity contribution in [3.8, 4) is 5.75 Å². The Kier molecular flexibility index (Phi) is 4.80. The number of carbonyl (C=O) groups excluding carboxylic acids is 1. The lowest BCUT2D eigenvalue weighted by Gasteiger charge is -2.30. The average Bonchev–Trinajstić information content (AvgIpc) is 2.45. The molecule has 104 valence electrons. The maximum atomic E-state index is 12.4. The van der Waals surface area contributed by atoms with Crippen LogP contribution in [0.15, 0.2) is 24.3 Å². The van der Waals surface area contributed by atoms with Crippen molar-refractivity contribution in [2.24, 2.45) is 0 Å². The van der Waals surface area contributed by atoms with Crippen LogP contribution in [0.5, 0.6) is 5.75 Å². The van der Waals surface area contributed by atoms with Gasteiger partial charge in [-0.15, -0.1) is 0 Å². The van der Waals surface area contributed by atoms with Crippen LogP contribution in [0.4, 0.5) is 0 Å². The molecule has 1 aromatic carbocycles. The van der Waals surface area contributed by atoms with Gasteiger partial charge in [0.05, 0.1) is 13.2 Å². The lowest BCUT2D eigenvalue weighted by molar-refractivity contribution is -0.142. The van der Waals surface area contributed by atoms with Gasteiger partial charge in [0.15, 0.2) is 6.10 Å². The van der Waals surface area contributed by atoms with Gasteiger partial charge < -0.3 is 14.4 Å². The predicted molar refractivity (Wildman–Crippen MR) is 73.3 cm³/mol. The summed E-state index contributed by atoms with van der Waals surface area (Å²) in [6.45, 7) is 6.54. The summed E-state index contributed by atoms with van der Waals surface area (Å²) in [5.41, 5.74) is 1.13. The van der Waals surface area contributed by atoms with Crippen molar-refractivity contribution >= 4 is 5.91 Å². The van der Waals surface area contributed by atoms with Crippen molar-refractivity contribution in [1.29, 1.82) is 0 Å². The van der Waals surface area contributed by atoms with E-state index in [1.807, 2.05) is 43.0 Å². The van der Waals surface area contributed by atoms with Crippen LogP contribution in [0.25, 0.3) is 0 Å². The standard InChI is InChI=1S/C15H21NO3/c1-3-14(15(17)16-7-9-18-10-8-16)19-13-6-4-5-12(2)11-13/h4-6,11,14H,3,7-10H2,1-2H3/t14-/m1/s1. The second-order valence-corrected chi connectivity index (χ2v) is 4.77. The third kappa shape index (κ3) is 3.70. The largest absolute Gasteiger partial charge is 0.481 e. The molecule has 0 bridgehead atoms. The second kappa shape index (κ2) is 6.57.